The quantitative estimate of drug-likeness (QED) is 0.808. The molecule has 0 bridgehead atoms. The summed E-state index contributed by atoms with van der Waals surface area (Å²) < 4.78 is 13.1. The highest BCUT2D eigenvalue weighted by atomic mass is 19.1. The van der Waals surface area contributed by atoms with E-state index in [0.717, 1.165) is 38.3 Å². The van der Waals surface area contributed by atoms with Gasteiger partial charge >= 0.3 is 0 Å². The summed E-state index contributed by atoms with van der Waals surface area (Å²) >= 11 is 0. The third kappa shape index (κ3) is 4.15. The molecular weight excluding hydrogens is 277 g/mol. The van der Waals surface area contributed by atoms with Crippen LogP contribution in [0.15, 0.2) is 59.7 Å². The van der Waals surface area contributed by atoms with Gasteiger partial charge in [-0.2, -0.15) is 5.10 Å². The molecule has 4 heteroatoms. The number of halogens is 1. The molecule has 1 aliphatic rings. The lowest BCUT2D eigenvalue weighted by Crippen LogP contribution is -2.43. The smallest absolute Gasteiger partial charge is 0.123 e. The average molecular weight is 297 g/mol. The number of benzene rings is 2. The van der Waals surface area contributed by atoms with Crippen molar-refractivity contribution in [3.8, 4) is 0 Å². The Kier molecular flexibility index (Phi) is 4.81. The van der Waals surface area contributed by atoms with Crippen LogP contribution in [0.5, 0.6) is 0 Å². The second-order valence-corrected chi connectivity index (χ2v) is 5.51. The first-order chi connectivity index (χ1) is 10.8. The van der Waals surface area contributed by atoms with Gasteiger partial charge in [0.2, 0.25) is 0 Å². The first-order valence-corrected chi connectivity index (χ1v) is 7.60. The van der Waals surface area contributed by atoms with Crippen LogP contribution >= 0.6 is 0 Å². The van der Waals surface area contributed by atoms with E-state index in [0.29, 0.717) is 0 Å². The Labute approximate surface area is 130 Å². The number of hydrogen-bond acceptors (Lipinski definition) is 3. The Morgan fingerprint density at radius 2 is 1.73 bits per heavy atom. The normalized spacial score (nSPS) is 16.3. The Balaban J connectivity index is 1.49. The van der Waals surface area contributed by atoms with Crippen LogP contribution in [0, 0.1) is 5.82 Å². The molecule has 1 aliphatic heterocycles. The van der Waals surface area contributed by atoms with Gasteiger partial charge in [-0.1, -0.05) is 42.5 Å². The second-order valence-electron chi connectivity index (χ2n) is 5.51. The molecule has 0 saturated carbocycles. The lowest BCUT2D eigenvalue weighted by molar-refractivity contribution is 0.131. The maximum Gasteiger partial charge on any atom is 0.123 e. The summed E-state index contributed by atoms with van der Waals surface area (Å²) in [6.45, 7) is 4.78. The van der Waals surface area contributed by atoms with E-state index in [9.17, 15) is 4.39 Å². The van der Waals surface area contributed by atoms with Crippen LogP contribution in [0.25, 0.3) is 0 Å². The van der Waals surface area contributed by atoms with Gasteiger partial charge in [-0.25, -0.2) is 4.39 Å². The molecule has 0 aliphatic carbocycles. The standard InChI is InChI=1S/C18H20FN3/c19-18-8-4-7-17(13-18)14-20-22-11-9-21(10-12-22)15-16-5-2-1-3-6-16/h1-8,13-14H,9-12,15H2/b20-14-. The Bertz CT molecular complexity index is 619. The minimum atomic E-state index is -0.225. The SMILES string of the molecule is Fc1cccc(/C=N\N2CCN(Cc3ccccc3)CC2)c1. The molecular formula is C18H20FN3. The highest BCUT2D eigenvalue weighted by Gasteiger charge is 2.15. The summed E-state index contributed by atoms with van der Waals surface area (Å²) in [7, 11) is 0. The lowest BCUT2D eigenvalue weighted by Gasteiger charge is -2.33. The number of piperazine rings is 1. The van der Waals surface area contributed by atoms with Gasteiger partial charge in [0.15, 0.2) is 0 Å². The maximum absolute atomic E-state index is 13.1. The maximum atomic E-state index is 13.1. The zero-order valence-electron chi connectivity index (χ0n) is 12.5. The fraction of sp³-hybridized carbons (Fsp3) is 0.278. The van der Waals surface area contributed by atoms with Gasteiger partial charge in [-0.15, -0.1) is 0 Å². The monoisotopic (exact) mass is 297 g/mol. The van der Waals surface area contributed by atoms with Crippen molar-refractivity contribution < 1.29 is 4.39 Å². The van der Waals surface area contributed by atoms with Crippen molar-refractivity contribution in [2.24, 2.45) is 5.10 Å². The van der Waals surface area contributed by atoms with Gasteiger partial charge in [0.05, 0.1) is 6.21 Å². The molecule has 0 amide bonds. The van der Waals surface area contributed by atoms with Crippen molar-refractivity contribution in [1.82, 2.24) is 9.91 Å². The average Bonchev–Trinajstić information content (AvgIpc) is 2.55. The highest BCUT2D eigenvalue weighted by molar-refractivity contribution is 5.79. The van der Waals surface area contributed by atoms with Gasteiger partial charge < -0.3 is 0 Å². The van der Waals surface area contributed by atoms with E-state index in [4.69, 9.17) is 0 Å². The highest BCUT2D eigenvalue weighted by Crippen LogP contribution is 2.09. The molecule has 3 rings (SSSR count). The number of hydrogen-bond donors (Lipinski definition) is 0. The molecule has 0 radical (unpaired) electrons. The predicted molar refractivity (Wildman–Crippen MR) is 87.3 cm³/mol. The van der Waals surface area contributed by atoms with Crippen molar-refractivity contribution in [2.45, 2.75) is 6.54 Å². The largest absolute Gasteiger partial charge is 0.295 e. The molecule has 0 unspecified atom stereocenters. The van der Waals surface area contributed by atoms with Crippen molar-refractivity contribution in [2.75, 3.05) is 26.2 Å². The topological polar surface area (TPSA) is 18.8 Å². The van der Waals surface area contributed by atoms with Crippen LogP contribution < -0.4 is 0 Å². The van der Waals surface area contributed by atoms with Crippen molar-refractivity contribution in [3.05, 3.63) is 71.5 Å². The van der Waals surface area contributed by atoms with Crippen molar-refractivity contribution in [1.29, 1.82) is 0 Å². The molecule has 0 aromatic heterocycles. The Morgan fingerprint density at radius 1 is 0.955 bits per heavy atom. The van der Waals surface area contributed by atoms with E-state index in [1.165, 1.54) is 17.7 Å². The zero-order valence-corrected chi connectivity index (χ0v) is 12.5. The fourth-order valence-electron chi connectivity index (χ4n) is 2.59. The second kappa shape index (κ2) is 7.18. The van der Waals surface area contributed by atoms with Gasteiger partial charge in [-0.05, 0) is 23.3 Å². The van der Waals surface area contributed by atoms with Gasteiger partial charge in [0.1, 0.15) is 5.82 Å². The molecule has 2 aromatic rings. The number of hydrazone groups is 1. The summed E-state index contributed by atoms with van der Waals surface area (Å²) in [4.78, 5) is 2.43. The van der Waals surface area contributed by atoms with E-state index in [1.54, 1.807) is 12.3 Å². The Hall–Kier alpha value is -2.20. The molecule has 1 fully saturated rings. The molecule has 1 saturated heterocycles. The van der Waals surface area contributed by atoms with Gasteiger partial charge in [0.25, 0.3) is 0 Å². The molecule has 22 heavy (non-hydrogen) atoms. The first-order valence-electron chi connectivity index (χ1n) is 7.60. The van der Waals surface area contributed by atoms with E-state index in [-0.39, 0.29) is 5.82 Å². The summed E-state index contributed by atoms with van der Waals surface area (Å²) in [5, 5.41) is 6.50. The van der Waals surface area contributed by atoms with Crippen LogP contribution in [0.4, 0.5) is 4.39 Å². The summed E-state index contributed by atoms with van der Waals surface area (Å²) in [5.74, 6) is -0.225. The van der Waals surface area contributed by atoms with Crippen LogP contribution in [0.3, 0.4) is 0 Å². The third-order valence-corrected chi connectivity index (χ3v) is 3.82. The van der Waals surface area contributed by atoms with E-state index < -0.39 is 0 Å². The fourth-order valence-corrected chi connectivity index (χ4v) is 2.59. The first kappa shape index (κ1) is 14.7. The molecule has 2 aromatic carbocycles. The lowest BCUT2D eigenvalue weighted by atomic mass is 10.2. The summed E-state index contributed by atoms with van der Waals surface area (Å²) in [6, 6.07) is 17.0. The van der Waals surface area contributed by atoms with E-state index in [2.05, 4.69) is 34.3 Å². The molecule has 3 nitrogen and oxygen atoms in total. The van der Waals surface area contributed by atoms with Gasteiger partial charge in [-0.3, -0.25) is 9.91 Å². The predicted octanol–water partition coefficient (Wildman–Crippen LogP) is 2.98. The zero-order chi connectivity index (χ0) is 15.2. The molecule has 114 valence electrons. The van der Waals surface area contributed by atoms with Crippen LogP contribution in [0.1, 0.15) is 11.1 Å². The molecule has 0 atom stereocenters. The van der Waals surface area contributed by atoms with E-state index >= 15 is 0 Å². The van der Waals surface area contributed by atoms with Crippen molar-refractivity contribution in [3.63, 3.8) is 0 Å². The van der Waals surface area contributed by atoms with Crippen LogP contribution in [-0.2, 0) is 6.54 Å². The van der Waals surface area contributed by atoms with Crippen LogP contribution in [0.2, 0.25) is 0 Å². The van der Waals surface area contributed by atoms with Crippen LogP contribution in [-0.4, -0.2) is 42.3 Å². The van der Waals surface area contributed by atoms with Gasteiger partial charge in [0, 0.05) is 32.7 Å². The minimum Gasteiger partial charge on any atom is -0.295 e. The Morgan fingerprint density at radius 3 is 2.45 bits per heavy atom. The number of nitrogens with zero attached hydrogens (tertiary/aromatic N) is 3. The van der Waals surface area contributed by atoms with E-state index in [1.807, 2.05) is 17.1 Å². The summed E-state index contributed by atoms with van der Waals surface area (Å²) in [5.41, 5.74) is 2.14. The number of rotatable bonds is 4. The summed E-state index contributed by atoms with van der Waals surface area (Å²) in [6.07, 6.45) is 1.73. The molecule has 1 heterocycles. The molecule has 0 spiro atoms. The third-order valence-electron chi connectivity index (χ3n) is 3.82. The van der Waals surface area contributed by atoms with Crippen molar-refractivity contribution >= 4 is 6.21 Å². The molecule has 0 N–H and O–H groups in total. The minimum absolute atomic E-state index is 0.225.